The summed E-state index contributed by atoms with van der Waals surface area (Å²) < 4.78 is 5.60. The Morgan fingerprint density at radius 2 is 2.22 bits per heavy atom. The van der Waals surface area contributed by atoms with Gasteiger partial charge in [0.05, 0.1) is 12.7 Å². The molecule has 18 heavy (non-hydrogen) atoms. The molecular weight excluding hydrogens is 254 g/mol. The third kappa shape index (κ3) is 2.01. The van der Waals surface area contributed by atoms with Gasteiger partial charge in [0.15, 0.2) is 0 Å². The number of benzene rings is 1. The van der Waals surface area contributed by atoms with Gasteiger partial charge in [0.1, 0.15) is 12.2 Å². The molecule has 0 aliphatic carbocycles. The number of hydrogen-bond donors (Lipinski definition) is 3. The van der Waals surface area contributed by atoms with Crippen LogP contribution in [-0.2, 0) is 4.74 Å². The number of halogens is 1. The first-order valence-electron chi connectivity index (χ1n) is 5.90. The quantitative estimate of drug-likeness (QED) is 0.780. The van der Waals surface area contributed by atoms with Crippen molar-refractivity contribution in [3.63, 3.8) is 0 Å². The van der Waals surface area contributed by atoms with Crippen LogP contribution in [0.5, 0.6) is 0 Å². The summed E-state index contributed by atoms with van der Waals surface area (Å²) in [4.78, 5) is 3.24. The van der Waals surface area contributed by atoms with Crippen molar-refractivity contribution in [2.75, 3.05) is 6.61 Å². The molecule has 1 aromatic heterocycles. The van der Waals surface area contributed by atoms with Gasteiger partial charge in [-0.3, -0.25) is 0 Å². The van der Waals surface area contributed by atoms with Crippen molar-refractivity contribution >= 4 is 22.5 Å². The van der Waals surface area contributed by atoms with Crippen LogP contribution in [0.3, 0.4) is 0 Å². The summed E-state index contributed by atoms with van der Waals surface area (Å²) in [7, 11) is 0. The molecule has 0 amide bonds. The van der Waals surface area contributed by atoms with Crippen molar-refractivity contribution in [3.8, 4) is 0 Å². The van der Waals surface area contributed by atoms with E-state index in [1.165, 1.54) is 0 Å². The number of aromatic amines is 1. The van der Waals surface area contributed by atoms with Crippen molar-refractivity contribution in [2.45, 2.75) is 24.7 Å². The lowest BCUT2D eigenvalue weighted by molar-refractivity contribution is -0.0234. The topological polar surface area (TPSA) is 65.5 Å². The highest BCUT2D eigenvalue weighted by Gasteiger charge is 2.34. The van der Waals surface area contributed by atoms with Gasteiger partial charge in [-0.2, -0.15) is 0 Å². The number of aromatic nitrogens is 1. The number of ether oxygens (including phenoxy) is 1. The van der Waals surface area contributed by atoms with Gasteiger partial charge in [-0.15, -0.1) is 0 Å². The number of aliphatic hydroxyl groups is 2. The van der Waals surface area contributed by atoms with Crippen LogP contribution >= 0.6 is 11.6 Å². The van der Waals surface area contributed by atoms with Crippen LogP contribution in [-0.4, -0.2) is 34.0 Å². The Labute approximate surface area is 109 Å². The Morgan fingerprint density at radius 1 is 1.39 bits per heavy atom. The van der Waals surface area contributed by atoms with E-state index in [1.807, 2.05) is 24.3 Å². The zero-order chi connectivity index (χ0) is 12.7. The fraction of sp³-hybridized carbons (Fsp3) is 0.385. The normalized spacial score (nSPS) is 28.1. The van der Waals surface area contributed by atoms with E-state index in [4.69, 9.17) is 21.4 Å². The van der Waals surface area contributed by atoms with Crippen LogP contribution in [0.25, 0.3) is 10.9 Å². The van der Waals surface area contributed by atoms with Crippen LogP contribution in [0.2, 0.25) is 5.02 Å². The largest absolute Gasteiger partial charge is 0.394 e. The van der Waals surface area contributed by atoms with E-state index >= 15 is 0 Å². The van der Waals surface area contributed by atoms with Crippen LogP contribution in [0.15, 0.2) is 24.3 Å². The summed E-state index contributed by atoms with van der Waals surface area (Å²) in [6.45, 7) is -0.163. The first kappa shape index (κ1) is 12.0. The Morgan fingerprint density at radius 3 is 2.94 bits per heavy atom. The highest BCUT2D eigenvalue weighted by atomic mass is 35.5. The smallest absolute Gasteiger partial charge is 0.107 e. The van der Waals surface area contributed by atoms with E-state index in [-0.39, 0.29) is 12.7 Å². The zero-order valence-electron chi connectivity index (χ0n) is 9.64. The maximum absolute atomic E-state index is 9.72. The molecule has 5 heteroatoms. The van der Waals surface area contributed by atoms with Gasteiger partial charge in [0, 0.05) is 22.7 Å². The monoisotopic (exact) mass is 267 g/mol. The molecule has 0 bridgehead atoms. The number of fused-ring (bicyclic) bond motifs is 1. The molecule has 0 radical (unpaired) electrons. The number of aliphatic hydroxyl groups excluding tert-OH is 2. The molecule has 2 heterocycles. The number of nitrogens with one attached hydrogen (secondary N) is 1. The molecule has 1 aliphatic heterocycles. The molecule has 2 aromatic rings. The summed E-state index contributed by atoms with van der Waals surface area (Å²) in [5, 5.41) is 20.5. The van der Waals surface area contributed by atoms with Crippen molar-refractivity contribution in [2.24, 2.45) is 0 Å². The molecule has 1 aliphatic rings. The lowest BCUT2D eigenvalue weighted by Crippen LogP contribution is -2.24. The third-order valence-corrected chi connectivity index (χ3v) is 3.59. The summed E-state index contributed by atoms with van der Waals surface area (Å²) >= 11 is 5.93. The molecule has 3 N–H and O–H groups in total. The van der Waals surface area contributed by atoms with Crippen LogP contribution in [0.1, 0.15) is 18.2 Å². The predicted molar refractivity (Wildman–Crippen MR) is 68.6 cm³/mol. The molecule has 0 unspecified atom stereocenters. The Bertz CT molecular complexity index is 568. The van der Waals surface area contributed by atoms with Crippen molar-refractivity contribution in [1.29, 1.82) is 0 Å². The standard InChI is InChI=1S/C13H14ClNO3/c14-8-2-1-7-3-10(15-9(7)4-8)12-5-11(17)13(6-16)18-12/h1-4,11-13,15-17H,5-6H2/t11-,12-,13+/m0/s1. The third-order valence-electron chi connectivity index (χ3n) is 3.36. The van der Waals surface area contributed by atoms with E-state index in [1.54, 1.807) is 0 Å². The van der Waals surface area contributed by atoms with Crippen molar-refractivity contribution < 1.29 is 14.9 Å². The van der Waals surface area contributed by atoms with E-state index in [9.17, 15) is 5.11 Å². The summed E-state index contributed by atoms with van der Waals surface area (Å²) in [6, 6.07) is 7.62. The average molecular weight is 268 g/mol. The summed E-state index contributed by atoms with van der Waals surface area (Å²) in [5.74, 6) is 0. The second-order valence-corrected chi connectivity index (χ2v) is 5.04. The molecule has 96 valence electrons. The van der Waals surface area contributed by atoms with E-state index in [0.717, 1.165) is 16.6 Å². The highest BCUT2D eigenvalue weighted by molar-refractivity contribution is 6.31. The van der Waals surface area contributed by atoms with E-state index in [0.29, 0.717) is 11.4 Å². The fourth-order valence-electron chi connectivity index (χ4n) is 2.39. The average Bonchev–Trinajstić information content (AvgIpc) is 2.91. The molecule has 3 atom stereocenters. The second-order valence-electron chi connectivity index (χ2n) is 4.61. The molecule has 1 fully saturated rings. The molecule has 1 aromatic carbocycles. The van der Waals surface area contributed by atoms with E-state index < -0.39 is 12.2 Å². The van der Waals surface area contributed by atoms with Gasteiger partial charge in [-0.25, -0.2) is 0 Å². The number of hydrogen-bond acceptors (Lipinski definition) is 3. The molecular formula is C13H14ClNO3. The van der Waals surface area contributed by atoms with Crippen molar-refractivity contribution in [1.82, 2.24) is 4.98 Å². The lowest BCUT2D eigenvalue weighted by Gasteiger charge is -2.10. The SMILES string of the molecule is OC[C@H]1O[C@H](c2cc3ccc(Cl)cc3[nH]2)C[C@@H]1O. The van der Waals surface area contributed by atoms with E-state index in [2.05, 4.69) is 4.98 Å². The summed E-state index contributed by atoms with van der Waals surface area (Å²) in [5.41, 5.74) is 1.85. The summed E-state index contributed by atoms with van der Waals surface area (Å²) in [6.07, 6.45) is -0.825. The Hall–Kier alpha value is -1.07. The first-order chi connectivity index (χ1) is 8.67. The van der Waals surface area contributed by atoms with Gasteiger partial charge < -0.3 is 19.9 Å². The maximum atomic E-state index is 9.72. The lowest BCUT2D eigenvalue weighted by atomic mass is 10.1. The zero-order valence-corrected chi connectivity index (χ0v) is 10.4. The minimum atomic E-state index is -0.616. The molecule has 3 rings (SSSR count). The Kier molecular flexibility index (Phi) is 3.03. The van der Waals surface area contributed by atoms with Gasteiger partial charge in [0.25, 0.3) is 0 Å². The van der Waals surface area contributed by atoms with Gasteiger partial charge in [0.2, 0.25) is 0 Å². The second kappa shape index (κ2) is 4.55. The predicted octanol–water partition coefficient (Wildman–Crippen LogP) is 2.00. The van der Waals surface area contributed by atoms with Crippen LogP contribution in [0, 0.1) is 0 Å². The van der Waals surface area contributed by atoms with Crippen LogP contribution in [0.4, 0.5) is 0 Å². The number of rotatable bonds is 2. The molecule has 0 saturated carbocycles. The molecule has 4 nitrogen and oxygen atoms in total. The van der Waals surface area contributed by atoms with Crippen LogP contribution < -0.4 is 0 Å². The minimum absolute atomic E-state index is 0.163. The van der Waals surface area contributed by atoms with Crippen molar-refractivity contribution in [3.05, 3.63) is 35.0 Å². The highest BCUT2D eigenvalue weighted by Crippen LogP contribution is 2.34. The minimum Gasteiger partial charge on any atom is -0.394 e. The maximum Gasteiger partial charge on any atom is 0.107 e. The first-order valence-corrected chi connectivity index (χ1v) is 6.27. The Balaban J connectivity index is 1.91. The van der Waals surface area contributed by atoms with Gasteiger partial charge in [-0.05, 0) is 23.6 Å². The van der Waals surface area contributed by atoms with Gasteiger partial charge >= 0.3 is 0 Å². The number of H-pyrrole nitrogens is 1. The molecule has 0 spiro atoms. The molecule has 1 saturated heterocycles. The van der Waals surface area contributed by atoms with Gasteiger partial charge in [-0.1, -0.05) is 17.7 Å². The fourth-order valence-corrected chi connectivity index (χ4v) is 2.56.